The normalized spacial score (nSPS) is 20.2. The van der Waals surface area contributed by atoms with Gasteiger partial charge in [-0.3, -0.25) is 14.5 Å². The zero-order chi connectivity index (χ0) is 13.7. The molecule has 1 amide bonds. The number of halogens is 1. The van der Waals surface area contributed by atoms with Crippen LogP contribution in [0.25, 0.3) is 0 Å². The Labute approximate surface area is 112 Å². The van der Waals surface area contributed by atoms with Crippen molar-refractivity contribution in [2.75, 3.05) is 13.7 Å². The molecule has 1 fully saturated rings. The van der Waals surface area contributed by atoms with Crippen molar-refractivity contribution in [3.05, 3.63) is 35.6 Å². The fourth-order valence-corrected chi connectivity index (χ4v) is 2.47. The number of rotatable bonds is 4. The van der Waals surface area contributed by atoms with Crippen LogP contribution in [0.3, 0.4) is 0 Å². The van der Waals surface area contributed by atoms with Gasteiger partial charge in [-0.2, -0.15) is 0 Å². The molecule has 1 aromatic carbocycles. The lowest BCUT2D eigenvalue weighted by Gasteiger charge is -2.34. The van der Waals surface area contributed by atoms with Crippen molar-refractivity contribution in [1.82, 2.24) is 10.4 Å². The molecule has 0 aromatic heterocycles. The maximum absolute atomic E-state index is 12.9. The first-order chi connectivity index (χ1) is 9.20. The van der Waals surface area contributed by atoms with Gasteiger partial charge in [-0.15, -0.1) is 0 Å². The number of benzene rings is 1. The van der Waals surface area contributed by atoms with Crippen molar-refractivity contribution < 1.29 is 14.0 Å². The zero-order valence-electron chi connectivity index (χ0n) is 11.1. The SMILES string of the molecule is CONC(=O)C1CCCCN1Cc1ccc(F)cc1. The molecule has 19 heavy (non-hydrogen) atoms. The van der Waals surface area contributed by atoms with E-state index in [1.807, 2.05) is 0 Å². The van der Waals surface area contributed by atoms with E-state index in [0.717, 1.165) is 31.4 Å². The van der Waals surface area contributed by atoms with Crippen molar-refractivity contribution in [2.24, 2.45) is 0 Å². The molecule has 0 aliphatic carbocycles. The summed E-state index contributed by atoms with van der Waals surface area (Å²) < 4.78 is 12.9. The maximum Gasteiger partial charge on any atom is 0.260 e. The lowest BCUT2D eigenvalue weighted by molar-refractivity contribution is -0.138. The molecule has 0 bridgehead atoms. The topological polar surface area (TPSA) is 41.6 Å². The number of piperidine rings is 1. The number of carbonyl (C=O) groups excluding carboxylic acids is 1. The van der Waals surface area contributed by atoms with Gasteiger partial charge in [0.1, 0.15) is 5.82 Å². The molecule has 1 atom stereocenters. The molecule has 104 valence electrons. The van der Waals surface area contributed by atoms with Gasteiger partial charge in [-0.25, -0.2) is 9.87 Å². The van der Waals surface area contributed by atoms with Crippen molar-refractivity contribution in [3.8, 4) is 0 Å². The summed E-state index contributed by atoms with van der Waals surface area (Å²) in [6, 6.07) is 6.25. The molecule has 1 aliphatic heterocycles. The van der Waals surface area contributed by atoms with Gasteiger partial charge in [0.25, 0.3) is 5.91 Å². The van der Waals surface area contributed by atoms with Crippen LogP contribution >= 0.6 is 0 Å². The van der Waals surface area contributed by atoms with Crippen LogP contribution in [0.4, 0.5) is 4.39 Å². The van der Waals surface area contributed by atoms with E-state index in [4.69, 9.17) is 4.84 Å². The van der Waals surface area contributed by atoms with Crippen LogP contribution in [0.1, 0.15) is 24.8 Å². The highest BCUT2D eigenvalue weighted by Crippen LogP contribution is 2.20. The third-order valence-corrected chi connectivity index (χ3v) is 3.42. The number of likely N-dealkylation sites (tertiary alicyclic amines) is 1. The van der Waals surface area contributed by atoms with Crippen molar-refractivity contribution >= 4 is 5.91 Å². The van der Waals surface area contributed by atoms with Crippen LogP contribution in [-0.2, 0) is 16.2 Å². The van der Waals surface area contributed by atoms with Gasteiger partial charge in [0.2, 0.25) is 0 Å². The Morgan fingerprint density at radius 2 is 2.16 bits per heavy atom. The minimum atomic E-state index is -0.240. The summed E-state index contributed by atoms with van der Waals surface area (Å²) in [5, 5.41) is 0. The third-order valence-electron chi connectivity index (χ3n) is 3.42. The number of amides is 1. The summed E-state index contributed by atoms with van der Waals surface area (Å²) >= 11 is 0. The molecule has 0 spiro atoms. The Balaban J connectivity index is 2.03. The smallest absolute Gasteiger partial charge is 0.260 e. The quantitative estimate of drug-likeness (QED) is 0.846. The summed E-state index contributed by atoms with van der Waals surface area (Å²) in [6.45, 7) is 1.53. The number of hydroxylamine groups is 1. The Hall–Kier alpha value is -1.46. The van der Waals surface area contributed by atoms with E-state index in [-0.39, 0.29) is 17.8 Å². The van der Waals surface area contributed by atoms with E-state index >= 15 is 0 Å². The summed E-state index contributed by atoms with van der Waals surface area (Å²) in [5.74, 6) is -0.347. The third kappa shape index (κ3) is 3.75. The molecule has 1 N–H and O–H groups in total. The Morgan fingerprint density at radius 3 is 2.84 bits per heavy atom. The highest BCUT2D eigenvalue weighted by molar-refractivity contribution is 5.80. The second-order valence-corrected chi connectivity index (χ2v) is 4.78. The lowest BCUT2D eigenvalue weighted by Crippen LogP contribution is -2.48. The Kier molecular flexibility index (Phi) is 4.87. The van der Waals surface area contributed by atoms with Gasteiger partial charge < -0.3 is 0 Å². The van der Waals surface area contributed by atoms with Gasteiger partial charge >= 0.3 is 0 Å². The minimum Gasteiger partial charge on any atom is -0.288 e. The first kappa shape index (κ1) is 14.0. The number of nitrogens with one attached hydrogen (secondary N) is 1. The Bertz CT molecular complexity index is 422. The predicted molar refractivity (Wildman–Crippen MR) is 69.6 cm³/mol. The Morgan fingerprint density at radius 1 is 1.42 bits per heavy atom. The first-order valence-electron chi connectivity index (χ1n) is 6.52. The van der Waals surface area contributed by atoms with E-state index in [9.17, 15) is 9.18 Å². The van der Waals surface area contributed by atoms with Crippen LogP contribution < -0.4 is 5.48 Å². The second-order valence-electron chi connectivity index (χ2n) is 4.78. The fraction of sp³-hybridized carbons (Fsp3) is 0.500. The highest BCUT2D eigenvalue weighted by atomic mass is 19.1. The standard InChI is InChI=1S/C14H19FN2O2/c1-19-16-14(18)13-4-2-3-9-17(13)10-11-5-7-12(15)8-6-11/h5-8,13H,2-4,9-10H2,1H3,(H,16,18). The van der Waals surface area contributed by atoms with E-state index < -0.39 is 0 Å². The van der Waals surface area contributed by atoms with E-state index in [2.05, 4.69) is 10.4 Å². The molecule has 1 unspecified atom stereocenters. The summed E-state index contributed by atoms with van der Waals surface area (Å²) in [5.41, 5.74) is 3.41. The van der Waals surface area contributed by atoms with Crippen LogP contribution in [0, 0.1) is 5.82 Å². The first-order valence-corrected chi connectivity index (χ1v) is 6.52. The highest BCUT2D eigenvalue weighted by Gasteiger charge is 2.28. The van der Waals surface area contributed by atoms with Gasteiger partial charge in [-0.05, 0) is 37.1 Å². The van der Waals surface area contributed by atoms with Crippen LogP contribution in [0.2, 0.25) is 0 Å². The predicted octanol–water partition coefficient (Wildman–Crippen LogP) is 1.86. The molecule has 1 heterocycles. The number of hydrogen-bond donors (Lipinski definition) is 1. The average molecular weight is 266 g/mol. The molecule has 4 nitrogen and oxygen atoms in total. The summed E-state index contributed by atoms with van der Waals surface area (Å²) in [6.07, 6.45) is 2.95. The van der Waals surface area contributed by atoms with E-state index in [0.29, 0.717) is 6.54 Å². The molecule has 1 aliphatic rings. The van der Waals surface area contributed by atoms with Gasteiger partial charge in [0.05, 0.1) is 13.2 Å². The van der Waals surface area contributed by atoms with Crippen molar-refractivity contribution in [1.29, 1.82) is 0 Å². The van der Waals surface area contributed by atoms with Crippen LogP contribution in [0.5, 0.6) is 0 Å². The molecule has 1 aromatic rings. The van der Waals surface area contributed by atoms with Gasteiger partial charge in [-0.1, -0.05) is 18.6 Å². The van der Waals surface area contributed by atoms with Crippen LogP contribution in [-0.4, -0.2) is 30.5 Å². The summed E-state index contributed by atoms with van der Waals surface area (Å²) in [4.78, 5) is 18.7. The number of hydrogen-bond acceptors (Lipinski definition) is 3. The maximum atomic E-state index is 12.9. The number of nitrogens with zero attached hydrogens (tertiary/aromatic N) is 1. The largest absolute Gasteiger partial charge is 0.288 e. The van der Waals surface area contributed by atoms with Gasteiger partial charge in [0, 0.05) is 6.54 Å². The van der Waals surface area contributed by atoms with Crippen molar-refractivity contribution in [3.63, 3.8) is 0 Å². The summed E-state index contributed by atoms with van der Waals surface area (Å²) in [7, 11) is 1.44. The molecule has 0 saturated carbocycles. The second kappa shape index (κ2) is 6.63. The minimum absolute atomic E-state index is 0.107. The molecular formula is C14H19FN2O2. The van der Waals surface area contributed by atoms with Gasteiger partial charge in [0.15, 0.2) is 0 Å². The average Bonchev–Trinajstić information content (AvgIpc) is 2.42. The molecule has 0 radical (unpaired) electrons. The van der Waals surface area contributed by atoms with E-state index in [1.54, 1.807) is 12.1 Å². The zero-order valence-corrected chi connectivity index (χ0v) is 11.1. The number of carbonyl (C=O) groups is 1. The van der Waals surface area contributed by atoms with Crippen molar-refractivity contribution in [2.45, 2.75) is 31.8 Å². The molecule has 5 heteroatoms. The fourth-order valence-electron chi connectivity index (χ4n) is 2.47. The molecule has 2 rings (SSSR count). The molecule has 1 saturated heterocycles. The monoisotopic (exact) mass is 266 g/mol. The van der Waals surface area contributed by atoms with E-state index in [1.165, 1.54) is 19.2 Å². The lowest BCUT2D eigenvalue weighted by atomic mass is 10.0. The molecular weight excluding hydrogens is 247 g/mol. The van der Waals surface area contributed by atoms with Crippen LogP contribution in [0.15, 0.2) is 24.3 Å².